The monoisotopic (exact) mass is 533 g/mol. The molecule has 9 atom stereocenters. The van der Waals surface area contributed by atoms with Crippen LogP contribution in [0.5, 0.6) is 0 Å². The van der Waals surface area contributed by atoms with Crippen LogP contribution in [0.25, 0.3) is 0 Å². The molecule has 6 heteroatoms. The van der Waals surface area contributed by atoms with E-state index in [-0.39, 0.29) is 43.7 Å². The maximum absolute atomic E-state index is 13.8. The summed E-state index contributed by atoms with van der Waals surface area (Å²) in [4.78, 5) is 27.8. The molecular formula is C32H55NO5. The van der Waals surface area contributed by atoms with Gasteiger partial charge in [0.05, 0.1) is 13.2 Å². The second-order valence-corrected chi connectivity index (χ2v) is 14.4. The molecule has 4 fully saturated rings. The van der Waals surface area contributed by atoms with Gasteiger partial charge in [-0.25, -0.2) is 4.79 Å². The molecule has 0 aromatic rings. The summed E-state index contributed by atoms with van der Waals surface area (Å²) in [7, 11) is 0. The number of nitrogens with zero attached hydrogens (tertiary/aromatic N) is 1. The number of fused-ring (bicyclic) bond motifs is 5. The summed E-state index contributed by atoms with van der Waals surface area (Å²) >= 11 is 0. The van der Waals surface area contributed by atoms with Crippen LogP contribution in [0.3, 0.4) is 0 Å². The quantitative estimate of drug-likeness (QED) is 0.355. The van der Waals surface area contributed by atoms with Crippen molar-refractivity contribution in [3.8, 4) is 0 Å². The molecule has 0 bridgehead atoms. The van der Waals surface area contributed by atoms with Crippen molar-refractivity contribution < 1.29 is 24.5 Å². The van der Waals surface area contributed by atoms with E-state index in [0.29, 0.717) is 41.8 Å². The van der Waals surface area contributed by atoms with Crippen LogP contribution in [0.15, 0.2) is 0 Å². The van der Waals surface area contributed by atoms with Crippen LogP contribution in [0.2, 0.25) is 0 Å². The molecule has 4 rings (SSSR count). The summed E-state index contributed by atoms with van der Waals surface area (Å²) in [6, 6.07) is 0. The van der Waals surface area contributed by atoms with Crippen LogP contribution >= 0.6 is 0 Å². The van der Waals surface area contributed by atoms with Crippen molar-refractivity contribution in [3.63, 3.8) is 0 Å². The van der Waals surface area contributed by atoms with Crippen LogP contribution in [0.4, 0.5) is 4.79 Å². The third-order valence-corrected chi connectivity index (χ3v) is 11.9. The molecule has 0 spiro atoms. The molecule has 4 aliphatic carbocycles. The van der Waals surface area contributed by atoms with Gasteiger partial charge in [-0.1, -0.05) is 53.9 Å². The van der Waals surface area contributed by atoms with Crippen LogP contribution < -0.4 is 0 Å². The normalized spacial score (nSPS) is 39.3. The van der Waals surface area contributed by atoms with Crippen molar-refractivity contribution >= 4 is 11.9 Å². The Labute approximate surface area is 231 Å². The van der Waals surface area contributed by atoms with E-state index in [0.717, 1.165) is 30.6 Å². The lowest BCUT2D eigenvalue weighted by molar-refractivity contribution is -0.160. The van der Waals surface area contributed by atoms with E-state index in [1.807, 2.05) is 0 Å². The van der Waals surface area contributed by atoms with Gasteiger partial charge in [0.1, 0.15) is 11.9 Å². The van der Waals surface area contributed by atoms with E-state index in [2.05, 4.69) is 34.6 Å². The van der Waals surface area contributed by atoms with Crippen molar-refractivity contribution in [2.24, 2.45) is 52.3 Å². The standard InChI is InChI=1S/C32H55NO5/c1-21(2)7-6-8-22(3)25-9-10-26-24-20-29(36)28-19-23(38-30(37)33(15-17-34)16-18-35)11-13-32(28,5)27(24)12-14-31(25,26)4/h21-28,34-35H,6-20H2,1-5H3/t22-,23+,24+,25-,26+,27+,28-,31-,32-/m1/s1. The van der Waals surface area contributed by atoms with Gasteiger partial charge in [0.25, 0.3) is 0 Å². The van der Waals surface area contributed by atoms with Crippen molar-refractivity contribution in [3.05, 3.63) is 0 Å². The Morgan fingerprint density at radius 2 is 1.63 bits per heavy atom. The fraction of sp³-hybridized carbons (Fsp3) is 0.938. The van der Waals surface area contributed by atoms with Gasteiger partial charge < -0.3 is 19.8 Å². The molecule has 0 saturated heterocycles. The average Bonchev–Trinajstić information content (AvgIpc) is 3.22. The number of aliphatic hydroxyl groups excluding tert-OH is 2. The smallest absolute Gasteiger partial charge is 0.410 e. The van der Waals surface area contributed by atoms with Crippen molar-refractivity contribution in [2.45, 2.75) is 111 Å². The maximum Gasteiger partial charge on any atom is 0.410 e. The number of hydrogen-bond acceptors (Lipinski definition) is 5. The zero-order valence-electron chi connectivity index (χ0n) is 24.8. The van der Waals surface area contributed by atoms with Gasteiger partial charge in [0, 0.05) is 25.4 Å². The first kappa shape index (κ1) is 29.8. The van der Waals surface area contributed by atoms with Gasteiger partial charge in [-0.15, -0.1) is 0 Å². The van der Waals surface area contributed by atoms with Crippen LogP contribution in [0.1, 0.15) is 105 Å². The summed E-state index contributed by atoms with van der Waals surface area (Å²) in [5.41, 5.74) is 0.374. The predicted molar refractivity (Wildman–Crippen MR) is 149 cm³/mol. The summed E-state index contributed by atoms with van der Waals surface area (Å²) in [6.45, 7) is 12.1. The summed E-state index contributed by atoms with van der Waals surface area (Å²) in [5, 5.41) is 18.5. The van der Waals surface area contributed by atoms with Gasteiger partial charge in [-0.05, 0) is 91.3 Å². The largest absolute Gasteiger partial charge is 0.446 e. The fourth-order valence-electron chi connectivity index (χ4n) is 9.89. The van der Waals surface area contributed by atoms with Crippen molar-refractivity contribution in [1.82, 2.24) is 4.90 Å². The molecule has 1 amide bonds. The molecular weight excluding hydrogens is 478 g/mol. The van der Waals surface area contributed by atoms with E-state index < -0.39 is 6.09 Å². The molecule has 2 N–H and O–H groups in total. The topological polar surface area (TPSA) is 87.1 Å². The van der Waals surface area contributed by atoms with Gasteiger partial charge in [-0.2, -0.15) is 0 Å². The number of ether oxygens (including phenoxy) is 1. The highest BCUT2D eigenvalue weighted by molar-refractivity contribution is 5.83. The first-order chi connectivity index (χ1) is 18.0. The minimum Gasteiger partial charge on any atom is -0.446 e. The van der Waals surface area contributed by atoms with Crippen LogP contribution in [-0.4, -0.2) is 59.4 Å². The number of amides is 1. The molecule has 0 unspecified atom stereocenters. The van der Waals surface area contributed by atoms with E-state index >= 15 is 0 Å². The third kappa shape index (κ3) is 5.68. The summed E-state index contributed by atoms with van der Waals surface area (Å²) < 4.78 is 5.82. The first-order valence-corrected chi connectivity index (χ1v) is 15.7. The van der Waals surface area contributed by atoms with Gasteiger partial charge in [0.2, 0.25) is 0 Å². The number of aliphatic hydroxyl groups is 2. The third-order valence-electron chi connectivity index (χ3n) is 11.9. The zero-order chi connectivity index (χ0) is 27.7. The van der Waals surface area contributed by atoms with Crippen molar-refractivity contribution in [1.29, 1.82) is 0 Å². The Kier molecular flexibility index (Phi) is 9.55. The Morgan fingerprint density at radius 1 is 0.974 bits per heavy atom. The molecule has 0 aliphatic heterocycles. The maximum atomic E-state index is 13.8. The van der Waals surface area contributed by atoms with Crippen LogP contribution in [-0.2, 0) is 9.53 Å². The minimum atomic E-state index is -0.490. The average molecular weight is 534 g/mol. The SMILES string of the molecule is CC(C)CCC[C@@H](C)[C@H]1CC[C@H]2[C@@H]3CC(=O)[C@H]4C[C@@H](OC(=O)N(CCO)CCO)CC[C@]4(C)[C@H]3CC[C@]12C. The number of carbonyl (C=O) groups is 2. The highest BCUT2D eigenvalue weighted by Crippen LogP contribution is 2.68. The van der Waals surface area contributed by atoms with Crippen LogP contribution in [0, 0.1) is 52.3 Å². The molecule has 0 aromatic heterocycles. The second-order valence-electron chi connectivity index (χ2n) is 14.4. The van der Waals surface area contributed by atoms with Gasteiger partial charge in [0.15, 0.2) is 0 Å². The summed E-state index contributed by atoms with van der Waals surface area (Å²) in [5.74, 6) is 4.48. The minimum absolute atomic E-state index is 0.00108. The molecule has 0 aromatic carbocycles. The Balaban J connectivity index is 1.42. The molecule has 38 heavy (non-hydrogen) atoms. The number of rotatable bonds is 10. The molecule has 4 aliphatic rings. The van der Waals surface area contributed by atoms with Crippen molar-refractivity contribution in [2.75, 3.05) is 26.3 Å². The number of carbonyl (C=O) groups excluding carboxylic acids is 2. The summed E-state index contributed by atoms with van der Waals surface area (Å²) in [6.07, 6.45) is 11.4. The lowest BCUT2D eigenvalue weighted by Crippen LogP contribution is -2.57. The molecule has 0 radical (unpaired) electrons. The van der Waals surface area contributed by atoms with Gasteiger partial charge in [-0.3, -0.25) is 4.79 Å². The highest BCUT2D eigenvalue weighted by atomic mass is 16.6. The Bertz CT molecular complexity index is 825. The molecule has 4 saturated carbocycles. The van der Waals surface area contributed by atoms with Gasteiger partial charge >= 0.3 is 6.09 Å². The van der Waals surface area contributed by atoms with E-state index in [9.17, 15) is 19.8 Å². The number of ketones is 1. The Morgan fingerprint density at radius 3 is 2.29 bits per heavy atom. The Hall–Kier alpha value is -1.14. The highest BCUT2D eigenvalue weighted by Gasteiger charge is 2.62. The van der Waals surface area contributed by atoms with E-state index in [4.69, 9.17) is 4.74 Å². The fourth-order valence-corrected chi connectivity index (χ4v) is 9.89. The first-order valence-electron chi connectivity index (χ1n) is 15.7. The van der Waals surface area contributed by atoms with E-state index in [1.165, 1.54) is 49.8 Å². The zero-order valence-corrected chi connectivity index (χ0v) is 24.8. The molecule has 6 nitrogen and oxygen atoms in total. The van der Waals surface area contributed by atoms with E-state index in [1.54, 1.807) is 0 Å². The predicted octanol–water partition coefficient (Wildman–Crippen LogP) is 6.08. The second kappa shape index (κ2) is 12.2. The molecule has 0 heterocycles. The lowest BCUT2D eigenvalue weighted by atomic mass is 9.44. The molecule has 218 valence electrons. The number of hydrogen-bond donors (Lipinski definition) is 2. The number of Topliss-reactive ketones (excluding diaryl/α,β-unsaturated/α-hetero) is 1. The lowest BCUT2D eigenvalue weighted by Gasteiger charge is -2.60.